The zero-order chi connectivity index (χ0) is 14.5. The van der Waals surface area contributed by atoms with Crippen LogP contribution in [0.2, 0.25) is 0 Å². The summed E-state index contributed by atoms with van der Waals surface area (Å²) in [5.74, 6) is 1.48. The molecule has 0 spiro atoms. The number of aryl methyl sites for hydroxylation is 1. The molecule has 0 bridgehead atoms. The molecule has 0 fully saturated rings. The van der Waals surface area contributed by atoms with Crippen LogP contribution in [0.5, 0.6) is 11.5 Å². The van der Waals surface area contributed by atoms with E-state index in [-0.39, 0.29) is 0 Å². The minimum atomic E-state index is -0.614. The quantitative estimate of drug-likeness (QED) is 0.853. The van der Waals surface area contributed by atoms with Crippen molar-refractivity contribution in [3.05, 3.63) is 29.3 Å². The van der Waals surface area contributed by atoms with Crippen molar-refractivity contribution in [1.82, 2.24) is 0 Å². The monoisotopic (exact) mass is 264 g/mol. The van der Waals surface area contributed by atoms with Crippen molar-refractivity contribution in [2.24, 2.45) is 0 Å². The van der Waals surface area contributed by atoms with Crippen LogP contribution in [0.4, 0.5) is 0 Å². The lowest BCUT2D eigenvalue weighted by Crippen LogP contribution is -2.17. The Bertz CT molecular complexity index is 442. The van der Waals surface area contributed by atoms with Crippen molar-refractivity contribution in [1.29, 1.82) is 0 Å². The first kappa shape index (κ1) is 15.6. The first-order valence-electron chi connectivity index (χ1n) is 6.49. The van der Waals surface area contributed by atoms with Gasteiger partial charge in [0.2, 0.25) is 0 Å². The van der Waals surface area contributed by atoms with E-state index in [0.717, 1.165) is 35.5 Å². The number of rotatable bonds is 6. The molecular weight excluding hydrogens is 240 g/mol. The van der Waals surface area contributed by atoms with Crippen LogP contribution in [-0.4, -0.2) is 24.9 Å². The third-order valence-corrected chi connectivity index (χ3v) is 2.99. The molecular formula is C16H24O3. The van der Waals surface area contributed by atoms with Crippen LogP contribution in [0.1, 0.15) is 37.8 Å². The molecule has 1 aromatic carbocycles. The van der Waals surface area contributed by atoms with Crippen molar-refractivity contribution in [2.75, 3.05) is 14.2 Å². The smallest absolute Gasteiger partial charge is 0.161 e. The lowest BCUT2D eigenvalue weighted by molar-refractivity contribution is 0.0722. The molecule has 1 rings (SSSR count). The third kappa shape index (κ3) is 4.95. The van der Waals surface area contributed by atoms with Gasteiger partial charge in [0, 0.05) is 0 Å². The Kier molecular flexibility index (Phi) is 5.43. The Morgan fingerprint density at radius 2 is 1.74 bits per heavy atom. The second-order valence-electron chi connectivity index (χ2n) is 5.32. The molecule has 106 valence electrons. The van der Waals surface area contributed by atoms with Gasteiger partial charge in [-0.25, -0.2) is 0 Å². The molecule has 0 amide bonds. The summed E-state index contributed by atoms with van der Waals surface area (Å²) in [7, 11) is 3.27. The van der Waals surface area contributed by atoms with E-state index in [2.05, 4.69) is 12.2 Å². The number of hydrogen-bond donors (Lipinski definition) is 1. The molecule has 1 N–H and O–H groups in total. The number of aliphatic hydroxyl groups is 1. The van der Waals surface area contributed by atoms with Gasteiger partial charge < -0.3 is 14.6 Å². The van der Waals surface area contributed by atoms with Crippen LogP contribution in [-0.2, 0) is 0 Å². The molecule has 0 saturated heterocycles. The molecule has 3 heteroatoms. The molecule has 0 aliphatic carbocycles. The summed E-state index contributed by atoms with van der Waals surface area (Å²) in [5.41, 5.74) is 1.63. The van der Waals surface area contributed by atoms with Crippen LogP contribution >= 0.6 is 0 Å². The Labute approximate surface area is 115 Å². The van der Waals surface area contributed by atoms with Crippen molar-refractivity contribution >= 4 is 6.08 Å². The van der Waals surface area contributed by atoms with Gasteiger partial charge in [-0.2, -0.15) is 0 Å². The standard InChI is InChI=1S/C16H24O3/c1-12-10-14(18-4)15(19-5)11-13(12)8-6-7-9-16(2,3)17/h6,8,10-11,17H,7,9H2,1-5H3/b8-6+. The van der Waals surface area contributed by atoms with Crippen LogP contribution in [0.3, 0.4) is 0 Å². The highest BCUT2D eigenvalue weighted by atomic mass is 16.5. The summed E-state index contributed by atoms with van der Waals surface area (Å²) in [4.78, 5) is 0. The van der Waals surface area contributed by atoms with Gasteiger partial charge in [-0.3, -0.25) is 0 Å². The largest absolute Gasteiger partial charge is 0.493 e. The van der Waals surface area contributed by atoms with Gasteiger partial charge in [-0.05, 0) is 56.9 Å². The van der Waals surface area contributed by atoms with Gasteiger partial charge in [-0.1, -0.05) is 12.2 Å². The van der Waals surface area contributed by atoms with E-state index < -0.39 is 5.60 Å². The molecule has 0 aliphatic rings. The minimum Gasteiger partial charge on any atom is -0.493 e. The lowest BCUT2D eigenvalue weighted by Gasteiger charge is -2.15. The van der Waals surface area contributed by atoms with Gasteiger partial charge in [0.15, 0.2) is 11.5 Å². The van der Waals surface area contributed by atoms with E-state index in [1.165, 1.54) is 0 Å². The van der Waals surface area contributed by atoms with E-state index in [1.54, 1.807) is 14.2 Å². The molecule has 0 aliphatic heterocycles. The topological polar surface area (TPSA) is 38.7 Å². The first-order valence-corrected chi connectivity index (χ1v) is 6.49. The van der Waals surface area contributed by atoms with E-state index in [1.807, 2.05) is 32.9 Å². The zero-order valence-corrected chi connectivity index (χ0v) is 12.5. The highest BCUT2D eigenvalue weighted by molar-refractivity contribution is 5.60. The third-order valence-electron chi connectivity index (χ3n) is 2.99. The maximum atomic E-state index is 9.65. The molecule has 0 unspecified atom stereocenters. The highest BCUT2D eigenvalue weighted by Gasteiger charge is 2.10. The summed E-state index contributed by atoms with van der Waals surface area (Å²) in [6, 6.07) is 3.93. The predicted molar refractivity (Wildman–Crippen MR) is 78.8 cm³/mol. The molecule has 0 saturated carbocycles. The Morgan fingerprint density at radius 1 is 1.16 bits per heavy atom. The van der Waals surface area contributed by atoms with E-state index in [0.29, 0.717) is 0 Å². The van der Waals surface area contributed by atoms with Crippen molar-refractivity contribution < 1.29 is 14.6 Å². The fourth-order valence-electron chi connectivity index (χ4n) is 1.82. The molecule has 0 atom stereocenters. The average molecular weight is 264 g/mol. The van der Waals surface area contributed by atoms with Gasteiger partial charge in [0.05, 0.1) is 19.8 Å². The Morgan fingerprint density at radius 3 is 2.26 bits per heavy atom. The number of ether oxygens (including phenoxy) is 2. The van der Waals surface area contributed by atoms with Crippen LogP contribution in [0, 0.1) is 6.92 Å². The van der Waals surface area contributed by atoms with Crippen molar-refractivity contribution in [3.63, 3.8) is 0 Å². The fourth-order valence-corrected chi connectivity index (χ4v) is 1.82. The minimum absolute atomic E-state index is 0.614. The maximum Gasteiger partial charge on any atom is 0.161 e. The molecule has 0 aromatic heterocycles. The van der Waals surface area contributed by atoms with Crippen molar-refractivity contribution in [3.8, 4) is 11.5 Å². The van der Waals surface area contributed by atoms with Gasteiger partial charge >= 0.3 is 0 Å². The molecule has 0 radical (unpaired) electrons. The Balaban J connectivity index is 2.81. The molecule has 19 heavy (non-hydrogen) atoms. The fraction of sp³-hybridized carbons (Fsp3) is 0.500. The maximum absolute atomic E-state index is 9.65. The summed E-state index contributed by atoms with van der Waals surface area (Å²) in [6.45, 7) is 5.68. The van der Waals surface area contributed by atoms with Crippen LogP contribution < -0.4 is 9.47 Å². The van der Waals surface area contributed by atoms with Crippen LogP contribution in [0.15, 0.2) is 18.2 Å². The highest BCUT2D eigenvalue weighted by Crippen LogP contribution is 2.30. The van der Waals surface area contributed by atoms with Gasteiger partial charge in [0.25, 0.3) is 0 Å². The number of allylic oxidation sites excluding steroid dienone is 1. The number of benzene rings is 1. The average Bonchev–Trinajstić information content (AvgIpc) is 2.34. The Hall–Kier alpha value is -1.48. The van der Waals surface area contributed by atoms with Crippen LogP contribution in [0.25, 0.3) is 6.08 Å². The summed E-state index contributed by atoms with van der Waals surface area (Å²) in [5, 5.41) is 9.65. The van der Waals surface area contributed by atoms with E-state index in [4.69, 9.17) is 9.47 Å². The number of methoxy groups -OCH3 is 2. The summed E-state index contributed by atoms with van der Waals surface area (Å²) in [6.07, 6.45) is 5.72. The number of hydrogen-bond acceptors (Lipinski definition) is 3. The summed E-state index contributed by atoms with van der Waals surface area (Å²) >= 11 is 0. The molecule has 0 heterocycles. The van der Waals surface area contributed by atoms with E-state index >= 15 is 0 Å². The normalized spacial score (nSPS) is 11.9. The van der Waals surface area contributed by atoms with Gasteiger partial charge in [-0.15, -0.1) is 0 Å². The zero-order valence-electron chi connectivity index (χ0n) is 12.5. The first-order chi connectivity index (χ1) is 8.87. The molecule has 1 aromatic rings. The predicted octanol–water partition coefficient (Wildman–Crippen LogP) is 3.58. The lowest BCUT2D eigenvalue weighted by atomic mass is 10.0. The SMILES string of the molecule is COc1cc(C)c(/C=C/CCC(C)(C)O)cc1OC. The molecule has 3 nitrogen and oxygen atoms in total. The second-order valence-corrected chi connectivity index (χ2v) is 5.32. The second kappa shape index (κ2) is 6.62. The summed E-state index contributed by atoms with van der Waals surface area (Å²) < 4.78 is 10.6. The van der Waals surface area contributed by atoms with Gasteiger partial charge in [0.1, 0.15) is 0 Å². The van der Waals surface area contributed by atoms with E-state index in [9.17, 15) is 5.11 Å². The van der Waals surface area contributed by atoms with Crippen molar-refractivity contribution in [2.45, 2.75) is 39.2 Å².